The molecule has 0 saturated carbocycles. The van der Waals surface area contributed by atoms with E-state index in [-0.39, 0.29) is 5.78 Å². The Bertz CT molecular complexity index is 460. The second kappa shape index (κ2) is 5.21. The van der Waals surface area contributed by atoms with Crippen LogP contribution in [0.4, 0.5) is 10.5 Å². The van der Waals surface area contributed by atoms with Gasteiger partial charge in [-0.25, -0.2) is 4.79 Å². The smallest absolute Gasteiger partial charge is 0.414 e. The van der Waals surface area contributed by atoms with Crippen LogP contribution in [0.25, 0.3) is 0 Å². The molecule has 0 aliphatic heterocycles. The van der Waals surface area contributed by atoms with Crippen LogP contribution < -0.4 is 4.90 Å². The van der Waals surface area contributed by atoms with Crippen molar-refractivity contribution in [3.63, 3.8) is 0 Å². The van der Waals surface area contributed by atoms with E-state index in [2.05, 4.69) is 0 Å². The molecule has 0 unspecified atom stereocenters. The zero-order valence-corrected chi connectivity index (χ0v) is 11.5. The maximum Gasteiger partial charge on any atom is 0.414 e. The summed E-state index contributed by atoms with van der Waals surface area (Å²) < 4.78 is 5.26. The normalized spacial score (nSPS) is 10.9. The molecular formula is C14H19NO3. The number of ketones is 1. The van der Waals surface area contributed by atoms with Gasteiger partial charge < -0.3 is 4.74 Å². The SMILES string of the molecule is CC(=O)c1ccccc1N(C)C(=O)OC(C)(C)C. The van der Waals surface area contributed by atoms with E-state index in [1.54, 1.807) is 52.1 Å². The molecule has 98 valence electrons. The van der Waals surface area contributed by atoms with Crippen molar-refractivity contribution in [3.05, 3.63) is 29.8 Å². The fourth-order valence-electron chi connectivity index (χ4n) is 1.49. The second-order valence-electron chi connectivity index (χ2n) is 5.11. The van der Waals surface area contributed by atoms with Gasteiger partial charge in [-0.15, -0.1) is 0 Å². The summed E-state index contributed by atoms with van der Waals surface area (Å²) in [6.07, 6.45) is -0.476. The van der Waals surface area contributed by atoms with Crippen molar-refractivity contribution in [2.45, 2.75) is 33.3 Å². The highest BCUT2D eigenvalue weighted by molar-refractivity contribution is 6.03. The van der Waals surface area contributed by atoms with Gasteiger partial charge in [-0.3, -0.25) is 9.69 Å². The van der Waals surface area contributed by atoms with Crippen LogP contribution in [0.2, 0.25) is 0 Å². The van der Waals surface area contributed by atoms with E-state index < -0.39 is 11.7 Å². The third-order valence-electron chi connectivity index (χ3n) is 2.31. The van der Waals surface area contributed by atoms with Gasteiger partial charge in [0.05, 0.1) is 5.69 Å². The van der Waals surface area contributed by atoms with Crippen molar-refractivity contribution in [1.29, 1.82) is 0 Å². The van der Waals surface area contributed by atoms with Gasteiger partial charge in [-0.1, -0.05) is 12.1 Å². The quantitative estimate of drug-likeness (QED) is 0.756. The average Bonchev–Trinajstić information content (AvgIpc) is 2.25. The summed E-state index contributed by atoms with van der Waals surface area (Å²) in [5.41, 5.74) is 0.501. The van der Waals surface area contributed by atoms with E-state index in [0.29, 0.717) is 11.3 Å². The van der Waals surface area contributed by atoms with Crippen LogP contribution in [0.3, 0.4) is 0 Å². The van der Waals surface area contributed by atoms with E-state index in [1.165, 1.54) is 11.8 Å². The van der Waals surface area contributed by atoms with Crippen LogP contribution in [0.5, 0.6) is 0 Å². The van der Waals surface area contributed by atoms with Crippen LogP contribution >= 0.6 is 0 Å². The Morgan fingerprint density at radius 3 is 2.22 bits per heavy atom. The molecule has 0 heterocycles. The summed E-state index contributed by atoms with van der Waals surface area (Å²) in [7, 11) is 1.59. The van der Waals surface area contributed by atoms with Crippen LogP contribution in [0.15, 0.2) is 24.3 Å². The minimum absolute atomic E-state index is 0.0824. The minimum Gasteiger partial charge on any atom is -0.443 e. The minimum atomic E-state index is -0.559. The van der Waals surface area contributed by atoms with Crippen LogP contribution in [-0.4, -0.2) is 24.5 Å². The maximum absolute atomic E-state index is 11.9. The van der Waals surface area contributed by atoms with Crippen molar-refractivity contribution >= 4 is 17.6 Å². The third-order valence-corrected chi connectivity index (χ3v) is 2.31. The first-order chi connectivity index (χ1) is 8.22. The average molecular weight is 249 g/mol. The Balaban J connectivity index is 3.00. The lowest BCUT2D eigenvalue weighted by Gasteiger charge is -2.25. The number of hydrogen-bond donors (Lipinski definition) is 0. The van der Waals surface area contributed by atoms with Gasteiger partial charge in [-0.2, -0.15) is 0 Å². The number of para-hydroxylation sites is 1. The van der Waals surface area contributed by atoms with Gasteiger partial charge >= 0.3 is 6.09 Å². The van der Waals surface area contributed by atoms with Crippen LogP contribution in [-0.2, 0) is 4.74 Å². The fourth-order valence-corrected chi connectivity index (χ4v) is 1.49. The molecule has 0 aliphatic rings. The van der Waals surface area contributed by atoms with Gasteiger partial charge in [0.25, 0.3) is 0 Å². The number of nitrogens with zero attached hydrogens (tertiary/aromatic N) is 1. The molecule has 0 aliphatic carbocycles. The molecule has 1 aromatic carbocycles. The van der Waals surface area contributed by atoms with E-state index in [4.69, 9.17) is 4.74 Å². The maximum atomic E-state index is 11.9. The molecule has 0 bridgehead atoms. The molecule has 0 saturated heterocycles. The number of hydrogen-bond acceptors (Lipinski definition) is 3. The van der Waals surface area contributed by atoms with Crippen molar-refractivity contribution in [1.82, 2.24) is 0 Å². The Morgan fingerprint density at radius 2 is 1.72 bits per heavy atom. The van der Waals surface area contributed by atoms with E-state index in [1.807, 2.05) is 0 Å². The summed E-state index contributed by atoms with van der Waals surface area (Å²) in [4.78, 5) is 24.8. The van der Waals surface area contributed by atoms with Gasteiger partial charge in [0, 0.05) is 12.6 Å². The molecule has 0 fully saturated rings. The molecule has 0 atom stereocenters. The lowest BCUT2D eigenvalue weighted by atomic mass is 10.1. The molecule has 0 N–H and O–H groups in total. The molecule has 0 spiro atoms. The molecule has 4 heteroatoms. The van der Waals surface area contributed by atoms with Gasteiger partial charge in [0.15, 0.2) is 5.78 Å². The molecular weight excluding hydrogens is 230 g/mol. The Kier molecular flexibility index (Phi) is 4.11. The molecule has 0 radical (unpaired) electrons. The molecule has 0 aromatic heterocycles. The van der Waals surface area contributed by atoms with Gasteiger partial charge in [0.1, 0.15) is 5.60 Å². The van der Waals surface area contributed by atoms with E-state index in [9.17, 15) is 9.59 Å². The number of carbonyl (C=O) groups is 2. The zero-order valence-electron chi connectivity index (χ0n) is 11.5. The first-order valence-corrected chi connectivity index (χ1v) is 5.79. The fraction of sp³-hybridized carbons (Fsp3) is 0.429. The van der Waals surface area contributed by atoms with E-state index >= 15 is 0 Å². The Morgan fingerprint density at radius 1 is 1.17 bits per heavy atom. The number of benzene rings is 1. The summed E-state index contributed by atoms with van der Waals surface area (Å²) in [5.74, 6) is -0.0824. The first kappa shape index (κ1) is 14.2. The molecule has 4 nitrogen and oxygen atoms in total. The zero-order chi connectivity index (χ0) is 13.9. The molecule has 1 aromatic rings. The Labute approximate surface area is 108 Å². The van der Waals surface area contributed by atoms with Crippen molar-refractivity contribution in [2.75, 3.05) is 11.9 Å². The lowest BCUT2D eigenvalue weighted by molar-refractivity contribution is 0.0589. The second-order valence-corrected chi connectivity index (χ2v) is 5.11. The van der Waals surface area contributed by atoms with Crippen molar-refractivity contribution in [2.24, 2.45) is 0 Å². The topological polar surface area (TPSA) is 46.6 Å². The van der Waals surface area contributed by atoms with Crippen molar-refractivity contribution < 1.29 is 14.3 Å². The molecule has 1 amide bonds. The summed E-state index contributed by atoms with van der Waals surface area (Å²) in [6.45, 7) is 6.88. The standard InChI is InChI=1S/C14H19NO3/c1-10(16)11-8-6-7-9-12(11)15(5)13(17)18-14(2,3)4/h6-9H,1-5H3. The number of rotatable bonds is 2. The predicted octanol–water partition coefficient (Wildman–Crippen LogP) is 3.26. The lowest BCUT2D eigenvalue weighted by Crippen LogP contribution is -2.34. The van der Waals surface area contributed by atoms with E-state index in [0.717, 1.165) is 0 Å². The van der Waals surface area contributed by atoms with Crippen LogP contribution in [0, 0.1) is 0 Å². The predicted molar refractivity (Wildman–Crippen MR) is 71.1 cm³/mol. The number of anilines is 1. The summed E-state index contributed by atoms with van der Waals surface area (Å²) in [5, 5.41) is 0. The number of Topliss-reactive ketones (excluding diaryl/α,β-unsaturated/α-hetero) is 1. The number of carbonyl (C=O) groups excluding carboxylic acids is 2. The molecule has 18 heavy (non-hydrogen) atoms. The van der Waals surface area contributed by atoms with Crippen LogP contribution in [0.1, 0.15) is 38.1 Å². The first-order valence-electron chi connectivity index (χ1n) is 5.79. The Hall–Kier alpha value is -1.84. The number of amides is 1. The summed E-state index contributed by atoms with van der Waals surface area (Å²) >= 11 is 0. The van der Waals surface area contributed by atoms with Gasteiger partial charge in [-0.05, 0) is 39.8 Å². The largest absolute Gasteiger partial charge is 0.443 e. The highest BCUT2D eigenvalue weighted by Crippen LogP contribution is 2.21. The summed E-state index contributed by atoms with van der Waals surface area (Å²) in [6, 6.07) is 6.96. The highest BCUT2D eigenvalue weighted by Gasteiger charge is 2.22. The molecule has 1 rings (SSSR count). The third kappa shape index (κ3) is 3.58. The van der Waals surface area contributed by atoms with Crippen molar-refractivity contribution in [3.8, 4) is 0 Å². The monoisotopic (exact) mass is 249 g/mol. The highest BCUT2D eigenvalue weighted by atomic mass is 16.6. The number of ether oxygens (including phenoxy) is 1. The van der Waals surface area contributed by atoms with Gasteiger partial charge in [0.2, 0.25) is 0 Å².